The minimum absolute atomic E-state index is 0.217. The Bertz CT molecular complexity index is 452. The molecule has 0 bridgehead atoms. The molecule has 0 saturated heterocycles. The summed E-state index contributed by atoms with van der Waals surface area (Å²) in [6.45, 7) is 6.93. The van der Waals surface area contributed by atoms with Crippen LogP contribution in [0, 0.1) is 5.92 Å². The van der Waals surface area contributed by atoms with Gasteiger partial charge in [0.1, 0.15) is 0 Å². The van der Waals surface area contributed by atoms with E-state index in [-0.39, 0.29) is 5.54 Å². The Kier molecular flexibility index (Phi) is 3.40. The van der Waals surface area contributed by atoms with Gasteiger partial charge >= 0.3 is 0 Å². The lowest BCUT2D eigenvalue weighted by Crippen LogP contribution is -2.40. The molecule has 0 radical (unpaired) electrons. The van der Waals surface area contributed by atoms with Gasteiger partial charge in [-0.1, -0.05) is 12.1 Å². The van der Waals surface area contributed by atoms with E-state index < -0.39 is 0 Å². The molecule has 1 aromatic carbocycles. The highest BCUT2D eigenvalue weighted by Gasteiger charge is 2.37. The van der Waals surface area contributed by atoms with Gasteiger partial charge < -0.3 is 14.8 Å². The van der Waals surface area contributed by atoms with E-state index in [1.54, 1.807) is 0 Å². The van der Waals surface area contributed by atoms with E-state index in [1.165, 1.54) is 18.4 Å². The Balaban J connectivity index is 1.73. The lowest BCUT2D eigenvalue weighted by atomic mass is 9.98. The highest BCUT2D eigenvalue weighted by molar-refractivity contribution is 5.47. The summed E-state index contributed by atoms with van der Waals surface area (Å²) in [5.41, 5.74) is 1.42. The summed E-state index contributed by atoms with van der Waals surface area (Å²) < 4.78 is 11.6. The first-order chi connectivity index (χ1) is 9.17. The number of hydrogen-bond acceptors (Lipinski definition) is 3. The smallest absolute Gasteiger partial charge is 0.165 e. The molecule has 1 aliphatic heterocycles. The van der Waals surface area contributed by atoms with E-state index in [1.807, 2.05) is 6.07 Å². The number of para-hydroxylation sites is 1. The molecule has 0 spiro atoms. The SMILES string of the molecule is CC(C)(NCc1cccc2c1OCCCO2)C1CC1. The lowest BCUT2D eigenvalue weighted by molar-refractivity contribution is 0.294. The number of benzene rings is 1. The van der Waals surface area contributed by atoms with Gasteiger partial charge in [-0.15, -0.1) is 0 Å². The molecule has 3 heteroatoms. The molecule has 1 fully saturated rings. The van der Waals surface area contributed by atoms with E-state index in [4.69, 9.17) is 9.47 Å². The van der Waals surface area contributed by atoms with E-state index in [0.29, 0.717) is 0 Å². The molecule has 2 aliphatic rings. The van der Waals surface area contributed by atoms with Crippen molar-refractivity contribution in [1.29, 1.82) is 0 Å². The van der Waals surface area contributed by atoms with E-state index in [0.717, 1.165) is 43.6 Å². The van der Waals surface area contributed by atoms with E-state index >= 15 is 0 Å². The summed E-state index contributed by atoms with van der Waals surface area (Å²) in [4.78, 5) is 0. The largest absolute Gasteiger partial charge is 0.490 e. The summed E-state index contributed by atoms with van der Waals surface area (Å²) in [5, 5.41) is 3.67. The molecular weight excluding hydrogens is 238 g/mol. The predicted molar refractivity (Wildman–Crippen MR) is 75.7 cm³/mol. The van der Waals surface area contributed by atoms with Crippen LogP contribution in [0.15, 0.2) is 18.2 Å². The fourth-order valence-electron chi connectivity index (χ4n) is 2.67. The van der Waals surface area contributed by atoms with Crippen molar-refractivity contribution < 1.29 is 9.47 Å². The van der Waals surface area contributed by atoms with Crippen LogP contribution >= 0.6 is 0 Å². The van der Waals surface area contributed by atoms with Gasteiger partial charge in [0.2, 0.25) is 0 Å². The molecular formula is C16H23NO2. The van der Waals surface area contributed by atoms with Gasteiger partial charge in [-0.3, -0.25) is 0 Å². The van der Waals surface area contributed by atoms with Crippen molar-refractivity contribution in [3.05, 3.63) is 23.8 Å². The minimum Gasteiger partial charge on any atom is -0.490 e. The molecule has 19 heavy (non-hydrogen) atoms. The number of hydrogen-bond donors (Lipinski definition) is 1. The molecule has 104 valence electrons. The van der Waals surface area contributed by atoms with Gasteiger partial charge in [-0.2, -0.15) is 0 Å². The molecule has 1 aliphatic carbocycles. The van der Waals surface area contributed by atoms with Gasteiger partial charge in [-0.25, -0.2) is 0 Å². The third-order valence-electron chi connectivity index (χ3n) is 4.19. The average molecular weight is 261 g/mol. The van der Waals surface area contributed by atoms with Crippen LogP contribution in [0.3, 0.4) is 0 Å². The van der Waals surface area contributed by atoms with E-state index in [2.05, 4.69) is 31.3 Å². The molecule has 0 aromatic heterocycles. The molecule has 0 atom stereocenters. The molecule has 0 unspecified atom stereocenters. The van der Waals surface area contributed by atoms with Crippen molar-refractivity contribution in [2.75, 3.05) is 13.2 Å². The molecule has 0 amide bonds. The fraction of sp³-hybridized carbons (Fsp3) is 0.625. The Morgan fingerprint density at radius 2 is 2.00 bits per heavy atom. The highest BCUT2D eigenvalue weighted by atomic mass is 16.5. The lowest BCUT2D eigenvalue weighted by Gasteiger charge is -2.27. The van der Waals surface area contributed by atoms with Crippen LogP contribution in [-0.2, 0) is 6.54 Å². The first kappa shape index (κ1) is 12.8. The maximum atomic E-state index is 5.86. The number of ether oxygens (including phenoxy) is 2. The van der Waals surface area contributed by atoms with Crippen molar-refractivity contribution in [1.82, 2.24) is 5.32 Å². The highest BCUT2D eigenvalue weighted by Crippen LogP contribution is 2.40. The van der Waals surface area contributed by atoms with Gasteiger partial charge in [0.05, 0.1) is 13.2 Å². The first-order valence-corrected chi connectivity index (χ1v) is 7.29. The third kappa shape index (κ3) is 2.86. The van der Waals surface area contributed by atoms with Crippen molar-refractivity contribution in [2.45, 2.75) is 45.2 Å². The second-order valence-corrected chi connectivity index (χ2v) is 6.14. The van der Waals surface area contributed by atoms with Gasteiger partial charge in [0.25, 0.3) is 0 Å². The van der Waals surface area contributed by atoms with Crippen LogP contribution in [0.1, 0.15) is 38.7 Å². The Morgan fingerprint density at radius 3 is 2.79 bits per heavy atom. The molecule has 3 rings (SSSR count). The van der Waals surface area contributed by atoms with Crippen molar-refractivity contribution in [2.24, 2.45) is 5.92 Å². The zero-order valence-corrected chi connectivity index (χ0v) is 11.9. The summed E-state index contributed by atoms with van der Waals surface area (Å²) in [6.07, 6.45) is 3.66. The van der Waals surface area contributed by atoms with Crippen LogP contribution in [-0.4, -0.2) is 18.8 Å². The molecule has 3 nitrogen and oxygen atoms in total. The number of nitrogens with one attached hydrogen (secondary N) is 1. The average Bonchev–Trinajstić information content (AvgIpc) is 3.22. The Labute approximate surface area is 115 Å². The van der Waals surface area contributed by atoms with Crippen LogP contribution < -0.4 is 14.8 Å². The van der Waals surface area contributed by atoms with Gasteiger partial charge in [0.15, 0.2) is 11.5 Å². The molecule has 1 saturated carbocycles. The fourth-order valence-corrected chi connectivity index (χ4v) is 2.67. The first-order valence-electron chi connectivity index (χ1n) is 7.29. The second-order valence-electron chi connectivity index (χ2n) is 6.14. The minimum atomic E-state index is 0.217. The zero-order valence-electron chi connectivity index (χ0n) is 11.9. The summed E-state index contributed by atoms with van der Waals surface area (Å²) >= 11 is 0. The van der Waals surface area contributed by atoms with Gasteiger partial charge in [0, 0.05) is 24.1 Å². The Morgan fingerprint density at radius 1 is 1.21 bits per heavy atom. The summed E-state index contributed by atoms with van der Waals surface area (Å²) in [5.74, 6) is 2.65. The monoisotopic (exact) mass is 261 g/mol. The maximum absolute atomic E-state index is 5.86. The molecule has 1 heterocycles. The second kappa shape index (κ2) is 5.04. The molecule has 1 aromatic rings. The zero-order chi connectivity index (χ0) is 13.3. The van der Waals surface area contributed by atoms with Crippen molar-refractivity contribution in [3.8, 4) is 11.5 Å². The number of rotatable bonds is 4. The predicted octanol–water partition coefficient (Wildman–Crippen LogP) is 3.13. The quantitative estimate of drug-likeness (QED) is 0.903. The normalized spacial score (nSPS) is 19.1. The standard InChI is InChI=1S/C16H23NO2/c1-16(2,13-7-8-13)17-11-12-5-3-6-14-15(12)19-10-4-9-18-14/h3,5-6,13,17H,4,7-11H2,1-2H3. The summed E-state index contributed by atoms with van der Waals surface area (Å²) in [7, 11) is 0. The van der Waals surface area contributed by atoms with E-state index in [9.17, 15) is 0 Å². The van der Waals surface area contributed by atoms with Gasteiger partial charge in [-0.05, 0) is 38.7 Å². The Hall–Kier alpha value is -1.22. The topological polar surface area (TPSA) is 30.5 Å². The number of fused-ring (bicyclic) bond motifs is 1. The third-order valence-corrected chi connectivity index (χ3v) is 4.19. The van der Waals surface area contributed by atoms with Crippen LogP contribution in [0.25, 0.3) is 0 Å². The maximum Gasteiger partial charge on any atom is 0.165 e. The summed E-state index contributed by atoms with van der Waals surface area (Å²) in [6, 6.07) is 6.17. The van der Waals surface area contributed by atoms with Crippen molar-refractivity contribution >= 4 is 0 Å². The van der Waals surface area contributed by atoms with Crippen LogP contribution in [0.4, 0.5) is 0 Å². The van der Waals surface area contributed by atoms with Crippen molar-refractivity contribution in [3.63, 3.8) is 0 Å². The van der Waals surface area contributed by atoms with Crippen LogP contribution in [0.2, 0.25) is 0 Å². The van der Waals surface area contributed by atoms with Crippen LogP contribution in [0.5, 0.6) is 11.5 Å². The molecule has 1 N–H and O–H groups in total.